The number of rotatable bonds is 2. The number of anilines is 1. The average Bonchev–Trinajstić information content (AvgIpc) is 2.65. The van der Waals surface area contributed by atoms with Gasteiger partial charge in [0.05, 0.1) is 11.4 Å². The molecule has 0 aliphatic carbocycles. The second-order valence-electron chi connectivity index (χ2n) is 2.95. The van der Waals surface area contributed by atoms with Crippen LogP contribution in [0, 0.1) is 5.82 Å². The highest BCUT2D eigenvalue weighted by Gasteiger charge is 2.26. The van der Waals surface area contributed by atoms with Crippen LogP contribution in [0.5, 0.6) is 11.5 Å². The third-order valence-corrected chi connectivity index (χ3v) is 2.28. The highest BCUT2D eigenvalue weighted by atomic mass is 35.5. The zero-order chi connectivity index (χ0) is 11.0. The maximum Gasteiger partial charge on any atom is 0.231 e. The molecule has 1 aromatic rings. The summed E-state index contributed by atoms with van der Waals surface area (Å²) in [4.78, 5) is 11.3. The van der Waals surface area contributed by atoms with Crippen molar-refractivity contribution < 1.29 is 18.7 Å². The Kier molecular flexibility index (Phi) is 2.40. The number of ketones is 1. The first-order valence-corrected chi connectivity index (χ1v) is 4.65. The fourth-order valence-electron chi connectivity index (χ4n) is 1.37. The quantitative estimate of drug-likeness (QED) is 0.477. The van der Waals surface area contributed by atoms with Gasteiger partial charge in [0.2, 0.25) is 12.5 Å². The molecular weight excluding hydrogens is 225 g/mol. The number of fused-ring (bicyclic) bond motifs is 1. The molecule has 0 amide bonds. The van der Waals surface area contributed by atoms with Crippen LogP contribution in [-0.2, 0) is 0 Å². The average molecular weight is 232 g/mol. The number of carbonyl (C=O) groups excluding carboxylic acids is 1. The van der Waals surface area contributed by atoms with Crippen molar-refractivity contribution in [2.75, 3.05) is 18.4 Å². The molecule has 1 aromatic carbocycles. The van der Waals surface area contributed by atoms with Crippen molar-refractivity contribution in [3.63, 3.8) is 0 Å². The topological polar surface area (TPSA) is 61.6 Å². The van der Waals surface area contributed by atoms with E-state index < -0.39 is 11.6 Å². The summed E-state index contributed by atoms with van der Waals surface area (Å²) in [5.74, 6) is -1.60. The summed E-state index contributed by atoms with van der Waals surface area (Å²) >= 11 is 5.34. The molecule has 0 unspecified atom stereocenters. The van der Waals surface area contributed by atoms with Crippen molar-refractivity contribution in [3.8, 4) is 11.5 Å². The fraction of sp³-hybridized carbons (Fsp3) is 0.222. The SMILES string of the molecule is Nc1cc2c(c(F)c1C(=O)CCl)OCO2. The lowest BCUT2D eigenvalue weighted by atomic mass is 10.1. The Morgan fingerprint density at radius 3 is 3.00 bits per heavy atom. The molecule has 0 saturated carbocycles. The van der Waals surface area contributed by atoms with Crippen LogP contribution in [0.3, 0.4) is 0 Å². The predicted octanol–water partition coefficient (Wildman–Crippen LogP) is 1.56. The second kappa shape index (κ2) is 3.58. The molecule has 4 nitrogen and oxygen atoms in total. The van der Waals surface area contributed by atoms with E-state index in [1.807, 2.05) is 0 Å². The number of halogens is 2. The first kappa shape index (κ1) is 10.0. The van der Waals surface area contributed by atoms with Gasteiger partial charge in [0, 0.05) is 11.8 Å². The first-order valence-electron chi connectivity index (χ1n) is 4.12. The molecule has 0 saturated heterocycles. The number of nitrogens with two attached hydrogens (primary N) is 1. The van der Waals surface area contributed by atoms with Crippen LogP contribution >= 0.6 is 11.6 Å². The maximum absolute atomic E-state index is 13.7. The molecule has 0 bridgehead atoms. The van der Waals surface area contributed by atoms with Crippen molar-refractivity contribution in [3.05, 3.63) is 17.4 Å². The van der Waals surface area contributed by atoms with Gasteiger partial charge in [-0.2, -0.15) is 0 Å². The number of nitrogen functional groups attached to an aromatic ring is 1. The Morgan fingerprint density at radius 1 is 1.60 bits per heavy atom. The van der Waals surface area contributed by atoms with Crippen LogP contribution in [0.2, 0.25) is 0 Å². The standard InChI is InChI=1S/C9H7ClFNO3/c10-2-5(13)7-4(12)1-6-9(8(7)11)15-3-14-6/h1H,2-3,12H2. The van der Waals surface area contributed by atoms with Gasteiger partial charge in [-0.25, -0.2) is 4.39 Å². The van der Waals surface area contributed by atoms with Crippen molar-refractivity contribution >= 4 is 23.1 Å². The van der Waals surface area contributed by atoms with Gasteiger partial charge < -0.3 is 15.2 Å². The van der Waals surface area contributed by atoms with Crippen LogP contribution in [0.15, 0.2) is 6.07 Å². The summed E-state index contributed by atoms with van der Waals surface area (Å²) in [6, 6.07) is 1.35. The third kappa shape index (κ3) is 1.48. The van der Waals surface area contributed by atoms with Crippen molar-refractivity contribution in [1.29, 1.82) is 0 Å². The van der Waals surface area contributed by atoms with Gasteiger partial charge in [-0.3, -0.25) is 4.79 Å². The van der Waals surface area contributed by atoms with E-state index in [9.17, 15) is 9.18 Å². The third-order valence-electron chi connectivity index (χ3n) is 2.04. The Morgan fingerprint density at radius 2 is 2.33 bits per heavy atom. The van der Waals surface area contributed by atoms with Crippen molar-refractivity contribution in [2.24, 2.45) is 0 Å². The Labute approximate surface area is 89.7 Å². The summed E-state index contributed by atoms with van der Waals surface area (Å²) in [5.41, 5.74) is 5.28. The lowest BCUT2D eigenvalue weighted by Crippen LogP contribution is -2.08. The van der Waals surface area contributed by atoms with Gasteiger partial charge in [-0.15, -0.1) is 11.6 Å². The van der Waals surface area contributed by atoms with Gasteiger partial charge in [-0.05, 0) is 0 Å². The summed E-state index contributed by atoms with van der Waals surface area (Å²) in [5, 5.41) is 0. The molecule has 80 valence electrons. The molecule has 0 fully saturated rings. The summed E-state index contributed by atoms with van der Waals surface area (Å²) in [6.45, 7) is -0.0792. The van der Waals surface area contributed by atoms with E-state index >= 15 is 0 Å². The van der Waals surface area contributed by atoms with E-state index in [2.05, 4.69) is 0 Å². The van der Waals surface area contributed by atoms with Crippen LogP contribution < -0.4 is 15.2 Å². The largest absolute Gasteiger partial charge is 0.453 e. The van der Waals surface area contributed by atoms with E-state index in [0.29, 0.717) is 0 Å². The van der Waals surface area contributed by atoms with Gasteiger partial charge in [0.25, 0.3) is 0 Å². The van der Waals surface area contributed by atoms with E-state index in [1.165, 1.54) is 6.07 Å². The highest BCUT2D eigenvalue weighted by molar-refractivity contribution is 6.31. The van der Waals surface area contributed by atoms with Crippen LogP contribution in [-0.4, -0.2) is 18.5 Å². The molecule has 1 aliphatic heterocycles. The molecule has 6 heteroatoms. The minimum atomic E-state index is -0.812. The van der Waals surface area contributed by atoms with Gasteiger partial charge >= 0.3 is 0 Å². The smallest absolute Gasteiger partial charge is 0.231 e. The molecule has 0 atom stereocenters. The number of ether oxygens (including phenoxy) is 2. The molecule has 2 rings (SSSR count). The van der Waals surface area contributed by atoms with Crippen LogP contribution in [0.4, 0.5) is 10.1 Å². The van der Waals surface area contributed by atoms with Crippen molar-refractivity contribution in [2.45, 2.75) is 0 Å². The molecule has 0 radical (unpaired) electrons. The van der Waals surface area contributed by atoms with E-state index in [1.54, 1.807) is 0 Å². The molecule has 2 N–H and O–H groups in total. The lowest BCUT2D eigenvalue weighted by molar-refractivity contribution is 0.101. The minimum absolute atomic E-state index is 0.00222. The first-order chi connectivity index (χ1) is 7.15. The zero-order valence-corrected chi connectivity index (χ0v) is 8.31. The van der Waals surface area contributed by atoms with E-state index in [-0.39, 0.29) is 35.4 Å². The fourth-order valence-corrected chi connectivity index (χ4v) is 1.50. The summed E-state index contributed by atoms with van der Waals surface area (Å²) < 4.78 is 23.5. The number of benzene rings is 1. The summed E-state index contributed by atoms with van der Waals surface area (Å²) in [6.07, 6.45) is 0. The maximum atomic E-state index is 13.7. The summed E-state index contributed by atoms with van der Waals surface area (Å²) in [7, 11) is 0. The molecule has 15 heavy (non-hydrogen) atoms. The van der Waals surface area contributed by atoms with Gasteiger partial charge in [0.1, 0.15) is 0 Å². The molecule has 0 spiro atoms. The number of Topliss-reactive ketones (excluding diaryl/α,β-unsaturated/α-hetero) is 1. The molecule has 1 heterocycles. The van der Waals surface area contributed by atoms with E-state index in [0.717, 1.165) is 0 Å². The van der Waals surface area contributed by atoms with Crippen molar-refractivity contribution in [1.82, 2.24) is 0 Å². The Hall–Kier alpha value is -1.49. The Bertz CT molecular complexity index is 436. The predicted molar refractivity (Wildman–Crippen MR) is 52.0 cm³/mol. The molecule has 1 aliphatic rings. The molecule has 0 aromatic heterocycles. The second-order valence-corrected chi connectivity index (χ2v) is 3.21. The minimum Gasteiger partial charge on any atom is -0.453 e. The lowest BCUT2D eigenvalue weighted by Gasteiger charge is -2.06. The Balaban J connectivity index is 2.61. The monoisotopic (exact) mass is 231 g/mol. The van der Waals surface area contributed by atoms with Gasteiger partial charge in [-0.1, -0.05) is 0 Å². The zero-order valence-electron chi connectivity index (χ0n) is 7.55. The normalized spacial score (nSPS) is 12.9. The molecular formula is C9H7ClFNO3. The number of carbonyl (C=O) groups is 1. The van der Waals surface area contributed by atoms with E-state index in [4.69, 9.17) is 26.8 Å². The highest BCUT2D eigenvalue weighted by Crippen LogP contribution is 2.39. The van der Waals surface area contributed by atoms with Crippen LogP contribution in [0.1, 0.15) is 10.4 Å². The number of hydrogen-bond donors (Lipinski definition) is 1. The number of hydrogen-bond acceptors (Lipinski definition) is 4. The van der Waals surface area contributed by atoms with Gasteiger partial charge in [0.15, 0.2) is 17.3 Å². The van der Waals surface area contributed by atoms with Crippen LogP contribution in [0.25, 0.3) is 0 Å². The number of alkyl halides is 1.